The molecule has 1 unspecified atom stereocenters. The summed E-state index contributed by atoms with van der Waals surface area (Å²) in [5.74, 6) is -0.157. The number of carbonyl (C=O) groups is 1. The lowest BCUT2D eigenvalue weighted by molar-refractivity contribution is -0.140. The zero-order chi connectivity index (χ0) is 10.8. The molecule has 0 amide bonds. The van der Waals surface area contributed by atoms with Crippen LogP contribution in [0.2, 0.25) is 0 Å². The van der Waals surface area contributed by atoms with Crippen LogP contribution in [0.5, 0.6) is 0 Å². The first-order valence-electron chi connectivity index (χ1n) is 5.12. The molecule has 0 aromatic carbocycles. The first-order valence-corrected chi connectivity index (χ1v) is 5.12. The largest absolute Gasteiger partial charge is 0.469 e. The standard InChI is InChI=1S/C10H21NO3/c1-9(12)5-3-7-11-8-4-6-10(13)14-2/h9,11-12H,3-8H2,1-2H3. The van der Waals surface area contributed by atoms with Crippen molar-refractivity contribution in [3.05, 3.63) is 0 Å². The van der Waals surface area contributed by atoms with E-state index in [1.54, 1.807) is 6.92 Å². The molecule has 4 nitrogen and oxygen atoms in total. The molecule has 0 aromatic heterocycles. The maximum absolute atomic E-state index is 10.7. The molecule has 0 spiro atoms. The molecule has 0 radical (unpaired) electrons. The van der Waals surface area contributed by atoms with Gasteiger partial charge < -0.3 is 15.2 Å². The van der Waals surface area contributed by atoms with E-state index in [0.29, 0.717) is 6.42 Å². The molecule has 0 saturated carbocycles. The van der Waals surface area contributed by atoms with E-state index in [4.69, 9.17) is 5.11 Å². The van der Waals surface area contributed by atoms with Gasteiger partial charge in [0.25, 0.3) is 0 Å². The molecule has 2 N–H and O–H groups in total. The summed E-state index contributed by atoms with van der Waals surface area (Å²) in [4.78, 5) is 10.7. The highest BCUT2D eigenvalue weighted by Gasteiger charge is 1.98. The topological polar surface area (TPSA) is 58.6 Å². The molecule has 84 valence electrons. The molecule has 0 aromatic rings. The average Bonchev–Trinajstić information content (AvgIpc) is 2.15. The fourth-order valence-corrected chi connectivity index (χ4v) is 1.11. The van der Waals surface area contributed by atoms with E-state index in [-0.39, 0.29) is 12.1 Å². The number of nitrogens with one attached hydrogen (secondary N) is 1. The number of esters is 1. The number of rotatable bonds is 8. The predicted octanol–water partition coefficient (Wildman–Crippen LogP) is 0.690. The summed E-state index contributed by atoms with van der Waals surface area (Å²) in [6.07, 6.45) is 2.85. The van der Waals surface area contributed by atoms with Crippen molar-refractivity contribution in [3.63, 3.8) is 0 Å². The lowest BCUT2D eigenvalue weighted by Gasteiger charge is -2.05. The van der Waals surface area contributed by atoms with Crippen LogP contribution in [0.3, 0.4) is 0 Å². The molecule has 1 atom stereocenters. The molecule has 0 bridgehead atoms. The Morgan fingerprint density at radius 1 is 1.43 bits per heavy atom. The van der Waals surface area contributed by atoms with Crippen molar-refractivity contribution in [2.45, 2.75) is 38.7 Å². The fraction of sp³-hybridized carbons (Fsp3) is 0.900. The molecule has 14 heavy (non-hydrogen) atoms. The Morgan fingerprint density at radius 3 is 2.64 bits per heavy atom. The maximum Gasteiger partial charge on any atom is 0.305 e. The van der Waals surface area contributed by atoms with E-state index in [1.807, 2.05) is 0 Å². The van der Waals surface area contributed by atoms with Gasteiger partial charge in [-0.1, -0.05) is 0 Å². The molecular weight excluding hydrogens is 182 g/mol. The minimum Gasteiger partial charge on any atom is -0.469 e. The number of aliphatic hydroxyl groups is 1. The van der Waals surface area contributed by atoms with Crippen LogP contribution in [0.15, 0.2) is 0 Å². The van der Waals surface area contributed by atoms with Crippen LogP contribution < -0.4 is 5.32 Å². The Morgan fingerprint density at radius 2 is 2.07 bits per heavy atom. The highest BCUT2D eigenvalue weighted by Crippen LogP contribution is 1.94. The fourth-order valence-electron chi connectivity index (χ4n) is 1.11. The van der Waals surface area contributed by atoms with Gasteiger partial charge in [0.15, 0.2) is 0 Å². The Hall–Kier alpha value is -0.610. The summed E-state index contributed by atoms with van der Waals surface area (Å²) in [7, 11) is 1.40. The van der Waals surface area contributed by atoms with Gasteiger partial charge in [-0.15, -0.1) is 0 Å². The number of hydrogen-bond acceptors (Lipinski definition) is 4. The highest BCUT2D eigenvalue weighted by atomic mass is 16.5. The average molecular weight is 203 g/mol. The van der Waals surface area contributed by atoms with E-state index in [9.17, 15) is 4.79 Å². The first kappa shape index (κ1) is 13.4. The van der Waals surface area contributed by atoms with Crippen molar-refractivity contribution in [3.8, 4) is 0 Å². The quantitative estimate of drug-likeness (QED) is 0.450. The second kappa shape index (κ2) is 8.97. The second-order valence-corrected chi connectivity index (χ2v) is 3.42. The molecule has 0 aliphatic carbocycles. The molecule has 0 aliphatic rings. The minimum atomic E-state index is -0.216. The number of methoxy groups -OCH3 is 1. The third-order valence-electron chi connectivity index (χ3n) is 1.94. The van der Waals surface area contributed by atoms with Crippen LogP contribution in [0.25, 0.3) is 0 Å². The zero-order valence-electron chi connectivity index (χ0n) is 9.08. The summed E-state index contributed by atoms with van der Waals surface area (Å²) in [5.41, 5.74) is 0. The van der Waals surface area contributed by atoms with E-state index in [2.05, 4.69) is 10.1 Å². The summed E-state index contributed by atoms with van der Waals surface area (Å²) in [6, 6.07) is 0. The SMILES string of the molecule is COC(=O)CCCNCCCC(C)O. The third kappa shape index (κ3) is 9.48. The van der Waals surface area contributed by atoms with E-state index in [0.717, 1.165) is 32.4 Å². The van der Waals surface area contributed by atoms with Gasteiger partial charge in [-0.2, -0.15) is 0 Å². The smallest absolute Gasteiger partial charge is 0.305 e. The monoisotopic (exact) mass is 203 g/mol. The van der Waals surface area contributed by atoms with Crippen LogP contribution in [-0.2, 0) is 9.53 Å². The van der Waals surface area contributed by atoms with Gasteiger partial charge in [0.05, 0.1) is 13.2 Å². The Balaban J connectivity index is 3.03. The predicted molar refractivity (Wildman–Crippen MR) is 55.0 cm³/mol. The second-order valence-electron chi connectivity index (χ2n) is 3.42. The van der Waals surface area contributed by atoms with Gasteiger partial charge in [-0.25, -0.2) is 0 Å². The van der Waals surface area contributed by atoms with Gasteiger partial charge in [0.1, 0.15) is 0 Å². The molecule has 0 rings (SSSR count). The molecule has 4 heteroatoms. The number of ether oxygens (including phenoxy) is 1. The summed E-state index contributed by atoms with van der Waals surface area (Å²) in [6.45, 7) is 3.51. The lowest BCUT2D eigenvalue weighted by Crippen LogP contribution is -2.18. The summed E-state index contributed by atoms with van der Waals surface area (Å²) < 4.78 is 4.51. The summed E-state index contributed by atoms with van der Waals surface area (Å²) >= 11 is 0. The molecule has 0 saturated heterocycles. The van der Waals surface area contributed by atoms with Crippen LogP contribution in [0.1, 0.15) is 32.6 Å². The van der Waals surface area contributed by atoms with Crippen molar-refractivity contribution < 1.29 is 14.6 Å². The number of aliphatic hydroxyl groups excluding tert-OH is 1. The van der Waals surface area contributed by atoms with Gasteiger partial charge in [0, 0.05) is 6.42 Å². The van der Waals surface area contributed by atoms with Crippen LogP contribution in [-0.4, -0.2) is 37.4 Å². The minimum absolute atomic E-state index is 0.157. The lowest BCUT2D eigenvalue weighted by atomic mass is 10.2. The molecule has 0 aliphatic heterocycles. The normalized spacial score (nSPS) is 12.5. The van der Waals surface area contributed by atoms with E-state index < -0.39 is 0 Å². The van der Waals surface area contributed by atoms with Crippen LogP contribution in [0, 0.1) is 0 Å². The van der Waals surface area contributed by atoms with Crippen LogP contribution in [0.4, 0.5) is 0 Å². The van der Waals surface area contributed by atoms with Crippen molar-refractivity contribution in [1.82, 2.24) is 5.32 Å². The number of hydrogen-bond donors (Lipinski definition) is 2. The van der Waals surface area contributed by atoms with E-state index in [1.165, 1.54) is 7.11 Å². The van der Waals surface area contributed by atoms with Gasteiger partial charge in [-0.3, -0.25) is 4.79 Å². The molecule has 0 heterocycles. The Labute approximate surface area is 85.6 Å². The Bertz CT molecular complexity index is 148. The van der Waals surface area contributed by atoms with Crippen molar-refractivity contribution in [1.29, 1.82) is 0 Å². The Kier molecular flexibility index (Phi) is 8.57. The van der Waals surface area contributed by atoms with E-state index >= 15 is 0 Å². The van der Waals surface area contributed by atoms with Crippen molar-refractivity contribution >= 4 is 5.97 Å². The molecular formula is C10H21NO3. The summed E-state index contributed by atoms with van der Waals surface area (Å²) in [5, 5.41) is 12.2. The highest BCUT2D eigenvalue weighted by molar-refractivity contribution is 5.68. The van der Waals surface area contributed by atoms with Crippen molar-refractivity contribution in [2.24, 2.45) is 0 Å². The van der Waals surface area contributed by atoms with Crippen LogP contribution >= 0.6 is 0 Å². The van der Waals surface area contributed by atoms with Gasteiger partial charge >= 0.3 is 5.97 Å². The zero-order valence-corrected chi connectivity index (χ0v) is 9.08. The number of carbonyl (C=O) groups excluding carboxylic acids is 1. The van der Waals surface area contributed by atoms with Gasteiger partial charge in [-0.05, 0) is 39.3 Å². The molecule has 0 fully saturated rings. The third-order valence-corrected chi connectivity index (χ3v) is 1.94. The first-order chi connectivity index (χ1) is 6.66. The van der Waals surface area contributed by atoms with Gasteiger partial charge in [0.2, 0.25) is 0 Å². The van der Waals surface area contributed by atoms with Crippen molar-refractivity contribution in [2.75, 3.05) is 20.2 Å². The maximum atomic E-state index is 10.7.